The van der Waals surface area contributed by atoms with Crippen LogP contribution in [0.25, 0.3) is 0 Å². The van der Waals surface area contributed by atoms with Crippen molar-refractivity contribution >= 4 is 18.0 Å². The zero-order valence-corrected chi connectivity index (χ0v) is 11.8. The van der Waals surface area contributed by atoms with E-state index in [1.807, 2.05) is 13.8 Å². The Labute approximate surface area is 118 Å². The number of ether oxygens (including phenoxy) is 1. The second-order valence-electron chi connectivity index (χ2n) is 4.47. The SMILES string of the molecule is COc1ccc(/C=N/NC(=O)CC(=O)NC(C)C)cc1. The van der Waals surface area contributed by atoms with Crippen molar-refractivity contribution < 1.29 is 14.3 Å². The van der Waals surface area contributed by atoms with Gasteiger partial charge in [0.2, 0.25) is 11.8 Å². The maximum absolute atomic E-state index is 11.4. The van der Waals surface area contributed by atoms with Crippen LogP contribution >= 0.6 is 0 Å². The molecule has 0 heterocycles. The Morgan fingerprint density at radius 2 is 1.90 bits per heavy atom. The molecule has 0 radical (unpaired) electrons. The zero-order valence-electron chi connectivity index (χ0n) is 11.8. The van der Waals surface area contributed by atoms with E-state index in [4.69, 9.17) is 4.74 Å². The lowest BCUT2D eigenvalue weighted by atomic mass is 10.2. The standard InChI is InChI=1S/C14H19N3O3/c1-10(2)16-13(18)8-14(19)17-15-9-11-4-6-12(20-3)7-5-11/h4-7,9-10H,8H2,1-3H3,(H,16,18)(H,17,19)/b15-9+. The van der Waals surface area contributed by atoms with Crippen LogP contribution in [-0.2, 0) is 9.59 Å². The molecule has 0 aromatic heterocycles. The Bertz CT molecular complexity index is 481. The van der Waals surface area contributed by atoms with Crippen LogP contribution in [-0.4, -0.2) is 31.2 Å². The van der Waals surface area contributed by atoms with Crippen LogP contribution in [0.4, 0.5) is 0 Å². The first-order chi connectivity index (χ1) is 9.51. The van der Waals surface area contributed by atoms with Crippen molar-refractivity contribution in [3.05, 3.63) is 29.8 Å². The Balaban J connectivity index is 2.39. The van der Waals surface area contributed by atoms with E-state index in [1.54, 1.807) is 31.4 Å². The third-order valence-corrected chi connectivity index (χ3v) is 2.29. The summed E-state index contributed by atoms with van der Waals surface area (Å²) in [6, 6.07) is 7.21. The highest BCUT2D eigenvalue weighted by Gasteiger charge is 2.08. The molecule has 20 heavy (non-hydrogen) atoms. The molecule has 0 fully saturated rings. The van der Waals surface area contributed by atoms with Gasteiger partial charge in [-0.15, -0.1) is 0 Å². The summed E-state index contributed by atoms with van der Waals surface area (Å²) in [6.07, 6.45) is 1.26. The van der Waals surface area contributed by atoms with E-state index < -0.39 is 5.91 Å². The second kappa shape index (κ2) is 7.93. The van der Waals surface area contributed by atoms with Gasteiger partial charge >= 0.3 is 0 Å². The van der Waals surface area contributed by atoms with Crippen LogP contribution in [0.5, 0.6) is 5.75 Å². The summed E-state index contributed by atoms with van der Waals surface area (Å²) in [7, 11) is 1.59. The second-order valence-corrected chi connectivity index (χ2v) is 4.47. The number of nitrogens with zero attached hydrogens (tertiary/aromatic N) is 1. The van der Waals surface area contributed by atoms with Gasteiger partial charge in [-0.25, -0.2) is 5.43 Å². The van der Waals surface area contributed by atoms with Gasteiger partial charge in [0.1, 0.15) is 12.2 Å². The minimum atomic E-state index is -0.451. The predicted octanol–water partition coefficient (Wildman–Crippen LogP) is 1.06. The van der Waals surface area contributed by atoms with Gasteiger partial charge in [0.15, 0.2) is 0 Å². The van der Waals surface area contributed by atoms with Gasteiger partial charge in [-0.1, -0.05) is 0 Å². The van der Waals surface area contributed by atoms with Gasteiger partial charge in [0.25, 0.3) is 0 Å². The molecule has 2 amide bonds. The number of hydrogen-bond acceptors (Lipinski definition) is 4. The van der Waals surface area contributed by atoms with Gasteiger partial charge < -0.3 is 10.1 Å². The van der Waals surface area contributed by atoms with Crippen molar-refractivity contribution in [3.8, 4) is 5.75 Å². The average Bonchev–Trinajstić information content (AvgIpc) is 2.38. The number of methoxy groups -OCH3 is 1. The molecule has 0 aliphatic carbocycles. The highest BCUT2D eigenvalue weighted by Crippen LogP contribution is 2.09. The number of carbonyl (C=O) groups is 2. The number of carbonyl (C=O) groups excluding carboxylic acids is 2. The molecule has 0 aliphatic heterocycles. The first kappa shape index (κ1) is 15.7. The monoisotopic (exact) mass is 277 g/mol. The van der Waals surface area contributed by atoms with Crippen LogP contribution in [0.3, 0.4) is 0 Å². The topological polar surface area (TPSA) is 79.8 Å². The Hall–Kier alpha value is -2.37. The lowest BCUT2D eigenvalue weighted by Crippen LogP contribution is -2.34. The number of hydrogen-bond donors (Lipinski definition) is 2. The van der Waals surface area contributed by atoms with E-state index in [-0.39, 0.29) is 18.4 Å². The molecule has 108 valence electrons. The first-order valence-electron chi connectivity index (χ1n) is 6.26. The lowest BCUT2D eigenvalue weighted by molar-refractivity contribution is -0.129. The maximum atomic E-state index is 11.4. The van der Waals surface area contributed by atoms with Crippen LogP contribution in [0.2, 0.25) is 0 Å². The van der Waals surface area contributed by atoms with E-state index >= 15 is 0 Å². The van der Waals surface area contributed by atoms with Crippen LogP contribution < -0.4 is 15.5 Å². The predicted molar refractivity (Wildman–Crippen MR) is 76.6 cm³/mol. The summed E-state index contributed by atoms with van der Waals surface area (Å²) in [4.78, 5) is 22.7. The fourth-order valence-corrected chi connectivity index (χ4v) is 1.43. The molecule has 0 spiro atoms. The van der Waals surface area contributed by atoms with Crippen molar-refractivity contribution in [2.45, 2.75) is 26.3 Å². The maximum Gasteiger partial charge on any atom is 0.249 e. The van der Waals surface area contributed by atoms with Crippen molar-refractivity contribution in [2.24, 2.45) is 5.10 Å². The van der Waals surface area contributed by atoms with E-state index in [2.05, 4.69) is 15.8 Å². The molecule has 0 atom stereocenters. The number of hydrazone groups is 1. The van der Waals surface area contributed by atoms with E-state index in [1.165, 1.54) is 6.21 Å². The number of benzene rings is 1. The molecule has 1 rings (SSSR count). The number of rotatable bonds is 6. The molecular formula is C14H19N3O3. The molecule has 2 N–H and O–H groups in total. The summed E-state index contributed by atoms with van der Waals surface area (Å²) >= 11 is 0. The van der Waals surface area contributed by atoms with Gasteiger partial charge in [-0.3, -0.25) is 9.59 Å². The Morgan fingerprint density at radius 3 is 2.45 bits per heavy atom. The first-order valence-corrected chi connectivity index (χ1v) is 6.26. The molecule has 6 heteroatoms. The Morgan fingerprint density at radius 1 is 1.25 bits per heavy atom. The molecule has 1 aromatic rings. The van der Waals surface area contributed by atoms with Gasteiger partial charge in [-0.2, -0.15) is 5.10 Å². The third kappa shape index (κ3) is 5.99. The van der Waals surface area contributed by atoms with E-state index in [0.717, 1.165) is 11.3 Å². The van der Waals surface area contributed by atoms with Crippen molar-refractivity contribution in [3.63, 3.8) is 0 Å². The van der Waals surface area contributed by atoms with Crippen molar-refractivity contribution in [1.29, 1.82) is 0 Å². The van der Waals surface area contributed by atoms with Crippen LogP contribution in [0.15, 0.2) is 29.4 Å². The minimum Gasteiger partial charge on any atom is -0.497 e. The van der Waals surface area contributed by atoms with Gasteiger partial charge in [0.05, 0.1) is 13.3 Å². The summed E-state index contributed by atoms with van der Waals surface area (Å²) in [5, 5.41) is 6.41. The van der Waals surface area contributed by atoms with Crippen LogP contribution in [0, 0.1) is 0 Å². The van der Waals surface area contributed by atoms with Gasteiger partial charge in [-0.05, 0) is 43.7 Å². The summed E-state index contributed by atoms with van der Waals surface area (Å²) < 4.78 is 5.03. The fraction of sp³-hybridized carbons (Fsp3) is 0.357. The van der Waals surface area contributed by atoms with E-state index in [9.17, 15) is 9.59 Å². The molecule has 0 unspecified atom stereocenters. The highest BCUT2D eigenvalue weighted by atomic mass is 16.5. The highest BCUT2D eigenvalue weighted by molar-refractivity contribution is 5.97. The molecule has 0 saturated heterocycles. The molecule has 0 bridgehead atoms. The summed E-state index contributed by atoms with van der Waals surface area (Å²) in [5.41, 5.74) is 3.12. The molecule has 1 aromatic carbocycles. The number of nitrogens with one attached hydrogen (secondary N) is 2. The smallest absolute Gasteiger partial charge is 0.249 e. The summed E-state index contributed by atoms with van der Waals surface area (Å²) in [6.45, 7) is 3.66. The largest absolute Gasteiger partial charge is 0.497 e. The summed E-state index contributed by atoms with van der Waals surface area (Å²) in [5.74, 6) is -0.0263. The quantitative estimate of drug-likeness (QED) is 0.463. The van der Waals surface area contributed by atoms with Crippen molar-refractivity contribution in [2.75, 3.05) is 7.11 Å². The molecular weight excluding hydrogens is 258 g/mol. The Kier molecular flexibility index (Phi) is 6.22. The normalized spacial score (nSPS) is 10.6. The molecule has 0 aliphatic rings. The lowest BCUT2D eigenvalue weighted by Gasteiger charge is -2.06. The zero-order chi connectivity index (χ0) is 15.0. The van der Waals surface area contributed by atoms with E-state index in [0.29, 0.717) is 0 Å². The van der Waals surface area contributed by atoms with Crippen molar-refractivity contribution in [1.82, 2.24) is 10.7 Å². The third-order valence-electron chi connectivity index (χ3n) is 2.29. The fourth-order valence-electron chi connectivity index (χ4n) is 1.43. The average molecular weight is 277 g/mol. The van der Waals surface area contributed by atoms with Crippen LogP contribution in [0.1, 0.15) is 25.8 Å². The number of amides is 2. The molecule has 6 nitrogen and oxygen atoms in total. The van der Waals surface area contributed by atoms with Gasteiger partial charge in [0, 0.05) is 6.04 Å². The minimum absolute atomic E-state index is 0.0121. The molecule has 0 saturated carbocycles.